The Labute approximate surface area is 144 Å². The first kappa shape index (κ1) is 13.6. The molecule has 0 spiro atoms. The molecule has 1 nitrogen and oxygen atoms in total. The van der Waals surface area contributed by atoms with Crippen LogP contribution in [0.3, 0.4) is 0 Å². The minimum absolute atomic E-state index is 0.820. The number of nitrogen functional groups attached to an aromatic ring is 1. The van der Waals surface area contributed by atoms with E-state index in [4.69, 9.17) is 5.73 Å². The summed E-state index contributed by atoms with van der Waals surface area (Å²) in [6.07, 6.45) is 0. The van der Waals surface area contributed by atoms with E-state index in [2.05, 4.69) is 72.8 Å². The summed E-state index contributed by atoms with van der Waals surface area (Å²) < 4.78 is 2.61. The predicted octanol–water partition coefficient (Wildman–Crippen LogP) is 6.46. The standard InChI is InChI=1S/C22H15NS/c23-17-8-11-20-19(13-17)22-18-9-6-15(14-4-2-1-3-5-14)12-16(18)7-10-21(22)24-20/h1-13H,23H2. The first-order valence-corrected chi connectivity index (χ1v) is 8.81. The van der Waals surface area contributed by atoms with Crippen molar-refractivity contribution in [3.05, 3.63) is 78.9 Å². The molecule has 0 aliphatic rings. The van der Waals surface area contributed by atoms with Gasteiger partial charge in [-0.25, -0.2) is 0 Å². The van der Waals surface area contributed by atoms with E-state index in [0.29, 0.717) is 0 Å². The van der Waals surface area contributed by atoms with Gasteiger partial charge in [0.25, 0.3) is 0 Å². The summed E-state index contributed by atoms with van der Waals surface area (Å²) >= 11 is 1.83. The van der Waals surface area contributed by atoms with E-state index in [1.54, 1.807) is 0 Å². The van der Waals surface area contributed by atoms with Gasteiger partial charge >= 0.3 is 0 Å². The lowest BCUT2D eigenvalue weighted by Crippen LogP contribution is -1.82. The zero-order valence-electron chi connectivity index (χ0n) is 13.0. The molecule has 0 radical (unpaired) electrons. The number of thiophene rings is 1. The average Bonchev–Trinajstić information content (AvgIpc) is 3.00. The Morgan fingerprint density at radius 1 is 0.625 bits per heavy atom. The minimum atomic E-state index is 0.820. The van der Waals surface area contributed by atoms with Crippen molar-refractivity contribution in [2.75, 3.05) is 5.73 Å². The molecule has 0 unspecified atom stereocenters. The van der Waals surface area contributed by atoms with Crippen molar-refractivity contribution >= 4 is 48.0 Å². The van der Waals surface area contributed by atoms with Crippen LogP contribution in [-0.4, -0.2) is 0 Å². The number of benzene rings is 4. The van der Waals surface area contributed by atoms with Gasteiger partial charge in [-0.2, -0.15) is 0 Å². The molecule has 0 amide bonds. The molecular formula is C22H15NS. The predicted molar refractivity (Wildman–Crippen MR) is 107 cm³/mol. The van der Waals surface area contributed by atoms with Gasteiger partial charge in [0, 0.05) is 25.9 Å². The Balaban J connectivity index is 1.85. The number of nitrogens with two attached hydrogens (primary N) is 1. The van der Waals surface area contributed by atoms with Gasteiger partial charge in [0.05, 0.1) is 0 Å². The van der Waals surface area contributed by atoms with E-state index >= 15 is 0 Å². The van der Waals surface area contributed by atoms with Crippen LogP contribution in [-0.2, 0) is 0 Å². The molecule has 1 heterocycles. The van der Waals surface area contributed by atoms with Crippen molar-refractivity contribution in [3.8, 4) is 11.1 Å². The fourth-order valence-electron chi connectivity index (χ4n) is 3.43. The van der Waals surface area contributed by atoms with Gasteiger partial charge in [-0.1, -0.05) is 48.5 Å². The molecule has 114 valence electrons. The molecule has 0 fully saturated rings. The zero-order chi connectivity index (χ0) is 16.1. The third-order valence-electron chi connectivity index (χ3n) is 4.58. The Kier molecular flexibility index (Phi) is 2.88. The number of anilines is 1. The maximum atomic E-state index is 6.02. The minimum Gasteiger partial charge on any atom is -0.399 e. The summed E-state index contributed by atoms with van der Waals surface area (Å²) in [6.45, 7) is 0. The topological polar surface area (TPSA) is 26.0 Å². The Hall–Kier alpha value is -2.84. The average molecular weight is 325 g/mol. The van der Waals surface area contributed by atoms with Crippen LogP contribution in [0, 0.1) is 0 Å². The van der Waals surface area contributed by atoms with Gasteiger partial charge in [0.1, 0.15) is 0 Å². The van der Waals surface area contributed by atoms with E-state index in [9.17, 15) is 0 Å². The molecule has 0 atom stereocenters. The van der Waals surface area contributed by atoms with Crippen LogP contribution in [0.5, 0.6) is 0 Å². The van der Waals surface area contributed by atoms with Crippen molar-refractivity contribution in [1.82, 2.24) is 0 Å². The first-order chi connectivity index (χ1) is 11.8. The highest BCUT2D eigenvalue weighted by molar-refractivity contribution is 7.26. The molecule has 5 aromatic rings. The molecule has 5 rings (SSSR count). The van der Waals surface area contributed by atoms with Gasteiger partial charge in [-0.3, -0.25) is 0 Å². The fraction of sp³-hybridized carbons (Fsp3) is 0. The smallest absolute Gasteiger partial charge is 0.0361 e. The first-order valence-electron chi connectivity index (χ1n) is 7.99. The van der Waals surface area contributed by atoms with Crippen molar-refractivity contribution in [2.45, 2.75) is 0 Å². The van der Waals surface area contributed by atoms with Gasteiger partial charge < -0.3 is 5.73 Å². The van der Waals surface area contributed by atoms with Crippen LogP contribution in [0.25, 0.3) is 42.1 Å². The molecule has 24 heavy (non-hydrogen) atoms. The molecule has 0 aliphatic carbocycles. The molecule has 0 bridgehead atoms. The number of hydrogen-bond donors (Lipinski definition) is 1. The zero-order valence-corrected chi connectivity index (χ0v) is 13.8. The van der Waals surface area contributed by atoms with Gasteiger partial charge in [0.2, 0.25) is 0 Å². The van der Waals surface area contributed by atoms with Crippen LogP contribution in [0.15, 0.2) is 78.9 Å². The quantitative estimate of drug-likeness (QED) is 0.352. The lowest BCUT2D eigenvalue weighted by Gasteiger charge is -2.06. The second-order valence-electron chi connectivity index (χ2n) is 6.10. The molecule has 0 saturated heterocycles. The van der Waals surface area contributed by atoms with E-state index < -0.39 is 0 Å². The summed E-state index contributed by atoms with van der Waals surface area (Å²) in [5.41, 5.74) is 9.34. The number of rotatable bonds is 1. The van der Waals surface area contributed by atoms with Gasteiger partial charge in [-0.15, -0.1) is 11.3 Å². The highest BCUT2D eigenvalue weighted by Crippen LogP contribution is 2.40. The summed E-state index contributed by atoms with van der Waals surface area (Å²) in [7, 11) is 0. The summed E-state index contributed by atoms with van der Waals surface area (Å²) in [4.78, 5) is 0. The number of hydrogen-bond acceptors (Lipinski definition) is 2. The van der Waals surface area contributed by atoms with Crippen LogP contribution in [0.2, 0.25) is 0 Å². The molecule has 4 aromatic carbocycles. The number of fused-ring (bicyclic) bond motifs is 5. The second kappa shape index (κ2) is 5.08. The SMILES string of the molecule is Nc1ccc2sc3ccc4cc(-c5ccccc5)ccc4c3c2c1. The highest BCUT2D eigenvalue weighted by atomic mass is 32.1. The van der Waals surface area contributed by atoms with Crippen LogP contribution in [0.4, 0.5) is 5.69 Å². The lowest BCUT2D eigenvalue weighted by atomic mass is 9.98. The van der Waals surface area contributed by atoms with Gasteiger partial charge in [0.15, 0.2) is 0 Å². The monoisotopic (exact) mass is 325 g/mol. The second-order valence-corrected chi connectivity index (χ2v) is 7.18. The molecule has 0 saturated carbocycles. The fourth-order valence-corrected chi connectivity index (χ4v) is 4.54. The Morgan fingerprint density at radius 3 is 2.33 bits per heavy atom. The van der Waals surface area contributed by atoms with E-state index in [1.807, 2.05) is 17.4 Å². The Morgan fingerprint density at radius 2 is 1.46 bits per heavy atom. The molecule has 1 aromatic heterocycles. The van der Waals surface area contributed by atoms with E-state index in [1.165, 1.54) is 42.1 Å². The van der Waals surface area contributed by atoms with Crippen molar-refractivity contribution < 1.29 is 0 Å². The van der Waals surface area contributed by atoms with Crippen molar-refractivity contribution in [3.63, 3.8) is 0 Å². The maximum absolute atomic E-state index is 6.02. The summed E-state index contributed by atoms with van der Waals surface area (Å²) in [5.74, 6) is 0. The third kappa shape index (κ3) is 2.00. The third-order valence-corrected chi connectivity index (χ3v) is 5.72. The highest BCUT2D eigenvalue weighted by Gasteiger charge is 2.10. The normalized spacial score (nSPS) is 11.5. The van der Waals surface area contributed by atoms with E-state index in [0.717, 1.165) is 5.69 Å². The van der Waals surface area contributed by atoms with Crippen molar-refractivity contribution in [1.29, 1.82) is 0 Å². The lowest BCUT2D eigenvalue weighted by molar-refractivity contribution is 1.65. The molecule has 0 aliphatic heterocycles. The Bertz CT molecular complexity index is 1200. The van der Waals surface area contributed by atoms with Crippen molar-refractivity contribution in [2.24, 2.45) is 0 Å². The molecule has 2 heteroatoms. The summed E-state index contributed by atoms with van der Waals surface area (Å²) in [6, 6.07) is 27.9. The largest absolute Gasteiger partial charge is 0.399 e. The summed E-state index contributed by atoms with van der Waals surface area (Å²) in [5, 5.41) is 5.14. The van der Waals surface area contributed by atoms with Crippen LogP contribution in [0.1, 0.15) is 0 Å². The van der Waals surface area contributed by atoms with Crippen LogP contribution >= 0.6 is 11.3 Å². The van der Waals surface area contributed by atoms with Crippen LogP contribution < -0.4 is 5.73 Å². The maximum Gasteiger partial charge on any atom is 0.0361 e. The van der Waals surface area contributed by atoms with E-state index in [-0.39, 0.29) is 0 Å². The molecular weight excluding hydrogens is 310 g/mol. The van der Waals surface area contributed by atoms with Gasteiger partial charge in [-0.05, 0) is 52.2 Å². The molecule has 2 N–H and O–H groups in total.